The van der Waals surface area contributed by atoms with Crippen LogP contribution in [0.5, 0.6) is 5.75 Å². The van der Waals surface area contributed by atoms with Crippen LogP contribution in [0.3, 0.4) is 0 Å². The second kappa shape index (κ2) is 8.98. The molecule has 0 N–H and O–H groups in total. The SMILES string of the molecule is Cc1cc(Cl)ccc1OCC(=O)N(Cc1ccco1)Cc1ccccc1Cl. The Morgan fingerprint density at radius 3 is 2.59 bits per heavy atom. The van der Waals surface area contributed by atoms with E-state index in [0.717, 1.165) is 11.1 Å². The van der Waals surface area contributed by atoms with Crippen LogP contribution in [-0.4, -0.2) is 17.4 Å². The van der Waals surface area contributed by atoms with Gasteiger partial charge in [-0.15, -0.1) is 0 Å². The minimum atomic E-state index is -0.166. The number of benzene rings is 2. The van der Waals surface area contributed by atoms with Gasteiger partial charge in [-0.1, -0.05) is 41.4 Å². The quantitative estimate of drug-likeness (QED) is 0.522. The Kier molecular flexibility index (Phi) is 6.43. The lowest BCUT2D eigenvalue weighted by molar-refractivity contribution is -0.134. The summed E-state index contributed by atoms with van der Waals surface area (Å²) in [6, 6.07) is 16.4. The van der Waals surface area contributed by atoms with Crippen LogP contribution < -0.4 is 4.74 Å². The highest BCUT2D eigenvalue weighted by Crippen LogP contribution is 2.23. The van der Waals surface area contributed by atoms with Crippen molar-refractivity contribution >= 4 is 29.1 Å². The number of nitrogens with zero attached hydrogens (tertiary/aromatic N) is 1. The molecule has 27 heavy (non-hydrogen) atoms. The second-order valence-electron chi connectivity index (χ2n) is 6.12. The van der Waals surface area contributed by atoms with E-state index in [1.165, 1.54) is 0 Å². The summed E-state index contributed by atoms with van der Waals surface area (Å²) >= 11 is 12.2. The molecular formula is C21H19Cl2NO3. The van der Waals surface area contributed by atoms with E-state index in [1.54, 1.807) is 41.5 Å². The topological polar surface area (TPSA) is 42.7 Å². The molecule has 4 nitrogen and oxygen atoms in total. The standard InChI is InChI=1S/C21H19Cl2NO3/c1-15-11-17(22)8-9-20(15)27-14-21(25)24(13-18-6-4-10-26-18)12-16-5-2-3-7-19(16)23/h2-11H,12-14H2,1H3. The zero-order valence-corrected chi connectivity index (χ0v) is 16.3. The fourth-order valence-electron chi connectivity index (χ4n) is 2.66. The third-order valence-electron chi connectivity index (χ3n) is 4.09. The average Bonchev–Trinajstić information content (AvgIpc) is 3.15. The van der Waals surface area contributed by atoms with Gasteiger partial charge >= 0.3 is 0 Å². The molecular weight excluding hydrogens is 385 g/mol. The summed E-state index contributed by atoms with van der Waals surface area (Å²) in [6.07, 6.45) is 1.58. The number of carbonyl (C=O) groups is 1. The number of ether oxygens (including phenoxy) is 1. The van der Waals surface area contributed by atoms with Gasteiger partial charge in [0.1, 0.15) is 11.5 Å². The Bertz CT molecular complexity index is 910. The molecule has 0 aliphatic heterocycles. The number of hydrogen-bond donors (Lipinski definition) is 0. The minimum absolute atomic E-state index is 0.0896. The molecule has 0 radical (unpaired) electrons. The molecule has 3 aromatic rings. The monoisotopic (exact) mass is 403 g/mol. The van der Waals surface area contributed by atoms with Crippen molar-refractivity contribution < 1.29 is 13.9 Å². The molecule has 0 fully saturated rings. The van der Waals surface area contributed by atoms with Crippen molar-refractivity contribution in [1.29, 1.82) is 0 Å². The van der Waals surface area contributed by atoms with Crippen molar-refractivity contribution in [3.8, 4) is 5.75 Å². The Labute approximate surface area is 168 Å². The molecule has 0 atom stereocenters. The Morgan fingerprint density at radius 2 is 1.89 bits per heavy atom. The molecule has 0 saturated carbocycles. The fraction of sp³-hybridized carbons (Fsp3) is 0.190. The normalized spacial score (nSPS) is 10.6. The van der Waals surface area contributed by atoms with E-state index < -0.39 is 0 Å². The highest BCUT2D eigenvalue weighted by Gasteiger charge is 2.18. The molecule has 1 heterocycles. The Hall–Kier alpha value is -2.43. The lowest BCUT2D eigenvalue weighted by Crippen LogP contribution is -2.34. The van der Waals surface area contributed by atoms with Gasteiger partial charge in [-0.2, -0.15) is 0 Å². The average molecular weight is 404 g/mol. The Morgan fingerprint density at radius 1 is 1.07 bits per heavy atom. The molecule has 0 aliphatic rings. The van der Waals surface area contributed by atoms with Gasteiger partial charge in [-0.3, -0.25) is 4.79 Å². The predicted octanol–water partition coefficient (Wildman–Crippen LogP) is 5.50. The van der Waals surface area contributed by atoms with E-state index in [-0.39, 0.29) is 12.5 Å². The second-order valence-corrected chi connectivity index (χ2v) is 6.96. The van der Waals surface area contributed by atoms with Crippen LogP contribution in [0.1, 0.15) is 16.9 Å². The molecule has 1 amide bonds. The maximum Gasteiger partial charge on any atom is 0.261 e. The summed E-state index contributed by atoms with van der Waals surface area (Å²) in [5, 5.41) is 1.24. The van der Waals surface area contributed by atoms with Crippen molar-refractivity contribution in [2.24, 2.45) is 0 Å². The van der Waals surface area contributed by atoms with E-state index in [2.05, 4.69) is 0 Å². The predicted molar refractivity (Wildman–Crippen MR) is 106 cm³/mol. The van der Waals surface area contributed by atoms with E-state index in [9.17, 15) is 4.79 Å². The van der Waals surface area contributed by atoms with Crippen LogP contribution in [0.4, 0.5) is 0 Å². The number of halogens is 2. The molecule has 0 bridgehead atoms. The van der Waals surface area contributed by atoms with E-state index >= 15 is 0 Å². The van der Waals surface area contributed by atoms with Gasteiger partial charge in [0.25, 0.3) is 5.91 Å². The highest BCUT2D eigenvalue weighted by atomic mass is 35.5. The van der Waals surface area contributed by atoms with Gasteiger partial charge in [0.05, 0.1) is 12.8 Å². The van der Waals surface area contributed by atoms with Gasteiger partial charge < -0.3 is 14.1 Å². The molecule has 0 aliphatic carbocycles. The lowest BCUT2D eigenvalue weighted by atomic mass is 10.2. The first kappa shape index (κ1) is 19.3. The molecule has 2 aromatic carbocycles. The summed E-state index contributed by atoms with van der Waals surface area (Å²) in [6.45, 7) is 2.49. The number of furan rings is 1. The smallest absolute Gasteiger partial charge is 0.261 e. The Balaban J connectivity index is 1.72. The summed E-state index contributed by atoms with van der Waals surface area (Å²) < 4.78 is 11.1. The van der Waals surface area contributed by atoms with Crippen molar-refractivity contribution in [3.05, 3.63) is 87.8 Å². The van der Waals surface area contributed by atoms with Crippen LogP contribution in [0.15, 0.2) is 65.3 Å². The zero-order valence-electron chi connectivity index (χ0n) is 14.8. The summed E-state index contributed by atoms with van der Waals surface area (Å²) in [7, 11) is 0. The number of rotatable bonds is 7. The van der Waals surface area contributed by atoms with Gasteiger partial charge in [0.2, 0.25) is 0 Å². The van der Waals surface area contributed by atoms with Crippen LogP contribution in [0.25, 0.3) is 0 Å². The van der Waals surface area contributed by atoms with Gasteiger partial charge in [-0.05, 0) is 54.4 Å². The largest absolute Gasteiger partial charge is 0.483 e. The van der Waals surface area contributed by atoms with E-state index in [1.807, 2.05) is 31.2 Å². The summed E-state index contributed by atoms with van der Waals surface area (Å²) in [5.41, 5.74) is 1.74. The number of carbonyl (C=O) groups excluding carboxylic acids is 1. The maximum absolute atomic E-state index is 12.8. The van der Waals surface area contributed by atoms with E-state index in [0.29, 0.717) is 34.6 Å². The third kappa shape index (κ3) is 5.28. The van der Waals surface area contributed by atoms with Crippen LogP contribution >= 0.6 is 23.2 Å². The van der Waals surface area contributed by atoms with Gasteiger partial charge in [0, 0.05) is 16.6 Å². The number of hydrogen-bond acceptors (Lipinski definition) is 3. The molecule has 0 spiro atoms. The number of amides is 1. The van der Waals surface area contributed by atoms with Crippen molar-refractivity contribution in [3.63, 3.8) is 0 Å². The summed E-state index contributed by atoms with van der Waals surface area (Å²) in [4.78, 5) is 14.5. The summed E-state index contributed by atoms with van der Waals surface area (Å²) in [5.74, 6) is 1.15. The maximum atomic E-state index is 12.8. The van der Waals surface area contributed by atoms with Crippen molar-refractivity contribution in [2.45, 2.75) is 20.0 Å². The molecule has 0 saturated heterocycles. The lowest BCUT2D eigenvalue weighted by Gasteiger charge is -2.23. The molecule has 1 aromatic heterocycles. The van der Waals surface area contributed by atoms with Crippen LogP contribution in [0.2, 0.25) is 10.0 Å². The first-order chi connectivity index (χ1) is 13.0. The van der Waals surface area contributed by atoms with Gasteiger partial charge in [0.15, 0.2) is 6.61 Å². The van der Waals surface area contributed by atoms with Crippen molar-refractivity contribution in [2.75, 3.05) is 6.61 Å². The van der Waals surface area contributed by atoms with E-state index in [4.69, 9.17) is 32.4 Å². The first-order valence-electron chi connectivity index (χ1n) is 8.45. The third-order valence-corrected chi connectivity index (χ3v) is 4.69. The molecule has 0 unspecified atom stereocenters. The first-order valence-corrected chi connectivity index (χ1v) is 9.21. The molecule has 3 rings (SSSR count). The van der Waals surface area contributed by atoms with Gasteiger partial charge in [-0.25, -0.2) is 0 Å². The number of aryl methyl sites for hydroxylation is 1. The fourth-order valence-corrected chi connectivity index (χ4v) is 3.08. The van der Waals surface area contributed by atoms with Crippen molar-refractivity contribution in [1.82, 2.24) is 4.90 Å². The van der Waals surface area contributed by atoms with Crippen LogP contribution in [0, 0.1) is 6.92 Å². The molecule has 140 valence electrons. The molecule has 6 heteroatoms. The zero-order chi connectivity index (χ0) is 19.2. The minimum Gasteiger partial charge on any atom is -0.483 e. The van der Waals surface area contributed by atoms with Crippen LogP contribution in [-0.2, 0) is 17.9 Å². The highest BCUT2D eigenvalue weighted by molar-refractivity contribution is 6.31.